The Morgan fingerprint density at radius 1 is 1.21 bits per heavy atom. The van der Waals surface area contributed by atoms with Gasteiger partial charge in [-0.1, -0.05) is 30.3 Å². The van der Waals surface area contributed by atoms with Crippen molar-refractivity contribution in [2.24, 2.45) is 5.73 Å². The topological polar surface area (TPSA) is 77.2 Å². The molecule has 0 heterocycles. The van der Waals surface area contributed by atoms with Crippen LogP contribution in [0, 0.1) is 5.25 Å². The average molecular weight is 212 g/mol. The highest BCUT2D eigenvalue weighted by Crippen LogP contribution is 2.19. The molecular formula is C9H10NO3S. The van der Waals surface area contributed by atoms with Crippen molar-refractivity contribution >= 4 is 15.7 Å². The molecule has 0 bridgehead atoms. The van der Waals surface area contributed by atoms with Gasteiger partial charge in [-0.15, -0.1) is 0 Å². The van der Waals surface area contributed by atoms with Gasteiger partial charge in [-0.3, -0.25) is 4.79 Å². The molecule has 1 rings (SSSR count). The zero-order valence-corrected chi connectivity index (χ0v) is 8.41. The van der Waals surface area contributed by atoms with Crippen LogP contribution in [0.4, 0.5) is 0 Å². The number of primary amides is 1. The van der Waals surface area contributed by atoms with Crippen molar-refractivity contribution in [3.8, 4) is 0 Å². The number of carbonyl (C=O) groups is 1. The summed E-state index contributed by atoms with van der Waals surface area (Å²) in [5.41, 5.74) is 5.32. The van der Waals surface area contributed by atoms with E-state index in [4.69, 9.17) is 5.73 Å². The first kappa shape index (κ1) is 10.7. The van der Waals surface area contributed by atoms with Crippen LogP contribution in [0.15, 0.2) is 30.3 Å². The molecule has 0 aliphatic heterocycles. The molecule has 0 aromatic heterocycles. The highest BCUT2D eigenvalue weighted by atomic mass is 32.2. The van der Waals surface area contributed by atoms with Crippen LogP contribution in [0.2, 0.25) is 0 Å². The molecule has 0 saturated heterocycles. The SMILES string of the molecule is CS(=O)(=O)[C](C(N)=O)c1ccccc1. The monoisotopic (exact) mass is 212 g/mol. The highest BCUT2D eigenvalue weighted by molar-refractivity contribution is 7.94. The molecule has 2 N–H and O–H groups in total. The van der Waals surface area contributed by atoms with Crippen molar-refractivity contribution in [3.63, 3.8) is 0 Å². The van der Waals surface area contributed by atoms with Gasteiger partial charge in [0.05, 0.1) is 0 Å². The van der Waals surface area contributed by atoms with E-state index >= 15 is 0 Å². The summed E-state index contributed by atoms with van der Waals surface area (Å²) in [6, 6.07) is 8.07. The lowest BCUT2D eigenvalue weighted by Gasteiger charge is -2.09. The van der Waals surface area contributed by atoms with E-state index in [1.165, 1.54) is 12.1 Å². The summed E-state index contributed by atoms with van der Waals surface area (Å²) >= 11 is 0. The van der Waals surface area contributed by atoms with Crippen LogP contribution in [0.3, 0.4) is 0 Å². The quantitative estimate of drug-likeness (QED) is 0.771. The van der Waals surface area contributed by atoms with Crippen LogP contribution in [0.25, 0.3) is 0 Å². The minimum atomic E-state index is -3.58. The number of rotatable bonds is 3. The summed E-state index contributed by atoms with van der Waals surface area (Å²) in [7, 11) is -3.58. The molecule has 5 heteroatoms. The predicted octanol–water partition coefficient (Wildman–Crippen LogP) is 0.0966. The maximum atomic E-state index is 11.2. The maximum absolute atomic E-state index is 11.2. The van der Waals surface area contributed by atoms with Gasteiger partial charge < -0.3 is 5.73 Å². The van der Waals surface area contributed by atoms with Crippen molar-refractivity contribution in [1.29, 1.82) is 0 Å². The molecule has 75 valence electrons. The molecule has 0 spiro atoms. The van der Waals surface area contributed by atoms with Gasteiger partial charge in [-0.2, -0.15) is 0 Å². The van der Waals surface area contributed by atoms with Crippen LogP contribution >= 0.6 is 0 Å². The molecular weight excluding hydrogens is 202 g/mol. The average Bonchev–Trinajstić information content (AvgIpc) is 2.02. The fraction of sp³-hybridized carbons (Fsp3) is 0.111. The van der Waals surface area contributed by atoms with Gasteiger partial charge in [0.15, 0.2) is 9.84 Å². The van der Waals surface area contributed by atoms with Gasteiger partial charge in [0.25, 0.3) is 0 Å². The fourth-order valence-electron chi connectivity index (χ4n) is 1.13. The van der Waals surface area contributed by atoms with Crippen molar-refractivity contribution in [2.75, 3.05) is 6.26 Å². The molecule has 0 saturated carbocycles. The van der Waals surface area contributed by atoms with E-state index in [2.05, 4.69) is 0 Å². The van der Waals surface area contributed by atoms with Gasteiger partial charge >= 0.3 is 0 Å². The lowest BCUT2D eigenvalue weighted by Crippen LogP contribution is -2.28. The third-order valence-corrected chi connectivity index (χ3v) is 2.81. The Bertz CT molecular complexity index is 425. The molecule has 0 atom stereocenters. The number of nitrogens with two attached hydrogens (primary N) is 1. The molecule has 1 aromatic carbocycles. The van der Waals surface area contributed by atoms with E-state index in [1.807, 2.05) is 0 Å². The minimum absolute atomic E-state index is 0.322. The summed E-state index contributed by atoms with van der Waals surface area (Å²) in [5.74, 6) is -0.932. The van der Waals surface area contributed by atoms with Crippen molar-refractivity contribution < 1.29 is 13.2 Å². The molecule has 1 aromatic rings. The standard InChI is InChI=1S/C9H10NO3S/c1-14(12,13)8(9(10)11)7-5-3-2-4-6-7/h2-6H,1H3,(H2,10,11). The Morgan fingerprint density at radius 2 is 1.71 bits per heavy atom. The molecule has 1 radical (unpaired) electrons. The van der Waals surface area contributed by atoms with E-state index in [0.717, 1.165) is 6.26 Å². The third-order valence-electron chi connectivity index (χ3n) is 1.63. The normalized spacial score (nSPS) is 11.6. The zero-order valence-electron chi connectivity index (χ0n) is 7.60. The van der Waals surface area contributed by atoms with Crippen LogP contribution in [0.1, 0.15) is 5.56 Å². The Balaban J connectivity index is 3.22. The summed E-state index contributed by atoms with van der Waals surface area (Å²) in [6.45, 7) is 0. The number of benzene rings is 1. The maximum Gasteiger partial charge on any atom is 0.246 e. The largest absolute Gasteiger partial charge is 0.368 e. The lowest BCUT2D eigenvalue weighted by molar-refractivity contribution is -0.115. The van der Waals surface area contributed by atoms with Gasteiger partial charge in [0.2, 0.25) is 11.2 Å². The second kappa shape index (κ2) is 3.79. The Hall–Kier alpha value is -1.36. The lowest BCUT2D eigenvalue weighted by atomic mass is 10.1. The molecule has 0 aliphatic carbocycles. The number of hydrogen-bond donors (Lipinski definition) is 1. The molecule has 14 heavy (non-hydrogen) atoms. The third kappa shape index (κ3) is 2.32. The fourth-order valence-corrected chi connectivity index (χ4v) is 2.06. The number of hydrogen-bond acceptors (Lipinski definition) is 3. The second-order valence-corrected chi connectivity index (χ2v) is 4.78. The van der Waals surface area contributed by atoms with Gasteiger partial charge in [0, 0.05) is 6.26 Å². The van der Waals surface area contributed by atoms with E-state index < -0.39 is 15.7 Å². The summed E-state index contributed by atoms with van der Waals surface area (Å²) in [6.07, 6.45) is 0.958. The van der Waals surface area contributed by atoms with Crippen LogP contribution < -0.4 is 5.73 Å². The summed E-state index contributed by atoms with van der Waals surface area (Å²) in [5, 5.41) is -0.349. The van der Waals surface area contributed by atoms with Crippen LogP contribution in [-0.4, -0.2) is 20.6 Å². The number of carbonyl (C=O) groups excluding carboxylic acids is 1. The summed E-state index contributed by atoms with van der Waals surface area (Å²) < 4.78 is 22.5. The van der Waals surface area contributed by atoms with Crippen molar-refractivity contribution in [2.45, 2.75) is 0 Å². The Kier molecular flexibility index (Phi) is 2.90. The molecule has 0 unspecified atom stereocenters. The Morgan fingerprint density at radius 3 is 2.07 bits per heavy atom. The number of sulfone groups is 1. The predicted molar refractivity (Wildman–Crippen MR) is 52.8 cm³/mol. The number of amides is 1. The van der Waals surface area contributed by atoms with Crippen molar-refractivity contribution in [3.05, 3.63) is 41.1 Å². The molecule has 0 fully saturated rings. The van der Waals surface area contributed by atoms with Gasteiger partial charge in [0.1, 0.15) is 0 Å². The first-order valence-corrected chi connectivity index (χ1v) is 5.74. The smallest absolute Gasteiger partial charge is 0.246 e. The van der Waals surface area contributed by atoms with Gasteiger partial charge in [-0.05, 0) is 5.56 Å². The van der Waals surface area contributed by atoms with Crippen molar-refractivity contribution in [1.82, 2.24) is 0 Å². The van der Waals surface area contributed by atoms with E-state index in [1.54, 1.807) is 18.2 Å². The van der Waals surface area contributed by atoms with Crippen LogP contribution in [-0.2, 0) is 14.6 Å². The summed E-state index contributed by atoms with van der Waals surface area (Å²) in [4.78, 5) is 11.0. The Labute approximate surface area is 82.7 Å². The van der Waals surface area contributed by atoms with Gasteiger partial charge in [-0.25, -0.2) is 8.42 Å². The van der Waals surface area contributed by atoms with Crippen LogP contribution in [0.5, 0.6) is 0 Å². The second-order valence-electron chi connectivity index (χ2n) is 2.83. The molecule has 4 nitrogen and oxygen atoms in total. The van der Waals surface area contributed by atoms with E-state index in [9.17, 15) is 13.2 Å². The first-order chi connectivity index (χ1) is 6.43. The zero-order chi connectivity index (χ0) is 10.8. The van der Waals surface area contributed by atoms with E-state index in [-0.39, 0.29) is 5.25 Å². The first-order valence-electron chi connectivity index (χ1n) is 3.85. The van der Waals surface area contributed by atoms with E-state index in [0.29, 0.717) is 5.56 Å². The molecule has 1 amide bonds. The highest BCUT2D eigenvalue weighted by Gasteiger charge is 2.29. The minimum Gasteiger partial charge on any atom is -0.368 e. The molecule has 0 aliphatic rings.